The molecule has 3 N–H and O–H groups in total. The Labute approximate surface area is 180 Å². The van der Waals surface area contributed by atoms with Gasteiger partial charge in [0.2, 0.25) is 10.0 Å². The number of primary sulfonamides is 1. The Morgan fingerprint density at radius 3 is 2.00 bits per heavy atom. The molecule has 156 valence electrons. The van der Waals surface area contributed by atoms with E-state index in [0.29, 0.717) is 16.3 Å². The molecule has 0 aliphatic heterocycles. The first kappa shape index (κ1) is 22.0. The monoisotopic (exact) mass is 463 g/mol. The average molecular weight is 464 g/mol. The van der Waals surface area contributed by atoms with Gasteiger partial charge >= 0.3 is 0 Å². The van der Waals surface area contributed by atoms with Crippen LogP contribution in [0.2, 0.25) is 5.02 Å². The summed E-state index contributed by atoms with van der Waals surface area (Å²) in [5.74, 6) is -0.346. The molecular weight excluding hydrogens is 446 g/mol. The van der Waals surface area contributed by atoms with Gasteiger partial charge in [-0.25, -0.2) is 22.0 Å². The largest absolute Gasteiger partial charge is 0.278 e. The second-order valence-corrected chi connectivity index (χ2v) is 10.3. The van der Waals surface area contributed by atoms with E-state index in [1.807, 2.05) is 0 Å². The van der Waals surface area contributed by atoms with Crippen LogP contribution in [0.3, 0.4) is 0 Å². The predicted molar refractivity (Wildman–Crippen MR) is 118 cm³/mol. The van der Waals surface area contributed by atoms with Gasteiger partial charge in [-0.05, 0) is 54.1 Å². The Balaban J connectivity index is 1.92. The van der Waals surface area contributed by atoms with Crippen LogP contribution in [0.15, 0.2) is 93.8 Å². The second kappa shape index (κ2) is 8.97. The zero-order valence-electron chi connectivity index (χ0n) is 15.6. The Hall–Kier alpha value is -2.72. The molecule has 10 heteroatoms. The topological polar surface area (TPSA) is 119 Å². The maximum absolute atomic E-state index is 12.8. The fourth-order valence-corrected chi connectivity index (χ4v) is 4.54. The van der Waals surface area contributed by atoms with Crippen molar-refractivity contribution in [3.8, 4) is 0 Å². The molecule has 0 unspecified atom stereocenters. The highest BCUT2D eigenvalue weighted by Crippen LogP contribution is 2.17. The van der Waals surface area contributed by atoms with E-state index < -0.39 is 19.9 Å². The van der Waals surface area contributed by atoms with Crippen molar-refractivity contribution in [2.45, 2.75) is 9.79 Å². The molecule has 0 amide bonds. The number of nitrogens with zero attached hydrogens (tertiary/aromatic N) is 1. The van der Waals surface area contributed by atoms with Crippen molar-refractivity contribution in [2.75, 3.05) is 11.2 Å². The molecule has 0 fully saturated rings. The summed E-state index contributed by atoms with van der Waals surface area (Å²) in [5, 5.41) is 9.86. The zero-order chi connectivity index (χ0) is 21.8. The fraction of sp³-hybridized carbons (Fsp3) is 0.0500. The molecule has 3 rings (SSSR count). The summed E-state index contributed by atoms with van der Waals surface area (Å²) in [4.78, 5) is 0.144. The van der Waals surface area contributed by atoms with Gasteiger partial charge in [-0.15, -0.1) is 0 Å². The van der Waals surface area contributed by atoms with Crippen LogP contribution in [-0.2, 0) is 19.9 Å². The van der Waals surface area contributed by atoms with Crippen molar-refractivity contribution in [3.05, 3.63) is 89.4 Å². The molecule has 0 aromatic heterocycles. The number of hydrazone groups is 1. The van der Waals surface area contributed by atoms with E-state index >= 15 is 0 Å². The van der Waals surface area contributed by atoms with Gasteiger partial charge in [-0.2, -0.15) is 5.10 Å². The molecule has 3 aromatic rings. The SMILES string of the molecule is NS(=O)(=O)c1ccc(N/N=C(/CS(=O)(=O)c2ccccc2)c2ccc(Cl)cc2)cc1. The van der Waals surface area contributed by atoms with Crippen LogP contribution in [0, 0.1) is 0 Å². The molecule has 3 aromatic carbocycles. The van der Waals surface area contributed by atoms with E-state index in [4.69, 9.17) is 16.7 Å². The minimum atomic E-state index is -3.81. The minimum absolute atomic E-state index is 0.0402. The average Bonchev–Trinajstić information content (AvgIpc) is 2.72. The van der Waals surface area contributed by atoms with Crippen LogP contribution in [0.4, 0.5) is 5.69 Å². The molecule has 0 bridgehead atoms. The lowest BCUT2D eigenvalue weighted by molar-refractivity contribution is 0.596. The Morgan fingerprint density at radius 1 is 0.833 bits per heavy atom. The van der Waals surface area contributed by atoms with Crippen molar-refractivity contribution in [3.63, 3.8) is 0 Å². The molecular formula is C20H18ClN3O4S2. The smallest absolute Gasteiger partial charge is 0.238 e. The van der Waals surface area contributed by atoms with Crippen molar-refractivity contribution in [1.82, 2.24) is 0 Å². The van der Waals surface area contributed by atoms with E-state index in [9.17, 15) is 16.8 Å². The summed E-state index contributed by atoms with van der Waals surface area (Å²) < 4.78 is 48.4. The molecule has 30 heavy (non-hydrogen) atoms. The number of nitrogens with two attached hydrogens (primary N) is 1. The molecule has 0 spiro atoms. The fourth-order valence-electron chi connectivity index (χ4n) is 2.56. The van der Waals surface area contributed by atoms with Crippen molar-refractivity contribution in [1.29, 1.82) is 0 Å². The third-order valence-electron chi connectivity index (χ3n) is 4.11. The van der Waals surface area contributed by atoms with Gasteiger partial charge in [0.25, 0.3) is 0 Å². The number of halogens is 1. The lowest BCUT2D eigenvalue weighted by Gasteiger charge is -2.10. The van der Waals surface area contributed by atoms with E-state index in [0.717, 1.165) is 0 Å². The first-order valence-electron chi connectivity index (χ1n) is 8.64. The third kappa shape index (κ3) is 5.67. The second-order valence-electron chi connectivity index (χ2n) is 6.32. The molecule has 0 aliphatic carbocycles. The lowest BCUT2D eigenvalue weighted by atomic mass is 10.1. The Morgan fingerprint density at radius 2 is 1.43 bits per heavy atom. The summed E-state index contributed by atoms with van der Waals surface area (Å²) in [6.07, 6.45) is 0. The van der Waals surface area contributed by atoms with Gasteiger partial charge in [0.15, 0.2) is 9.84 Å². The minimum Gasteiger partial charge on any atom is -0.278 e. The van der Waals surface area contributed by atoms with Crippen molar-refractivity contribution in [2.24, 2.45) is 10.2 Å². The molecule has 0 saturated carbocycles. The number of hydrogen-bond donors (Lipinski definition) is 2. The van der Waals surface area contributed by atoms with Gasteiger partial charge in [-0.3, -0.25) is 5.43 Å². The first-order valence-corrected chi connectivity index (χ1v) is 12.2. The van der Waals surface area contributed by atoms with Crippen LogP contribution in [0.5, 0.6) is 0 Å². The summed E-state index contributed by atoms with van der Waals surface area (Å²) in [6.45, 7) is 0. The summed E-state index contributed by atoms with van der Waals surface area (Å²) >= 11 is 5.94. The van der Waals surface area contributed by atoms with Crippen molar-refractivity contribution >= 4 is 42.9 Å². The quantitative estimate of drug-likeness (QED) is 0.411. The first-order chi connectivity index (χ1) is 14.1. The normalized spacial score (nSPS) is 12.5. The van der Waals surface area contributed by atoms with E-state index in [2.05, 4.69) is 10.5 Å². The van der Waals surface area contributed by atoms with Gasteiger partial charge < -0.3 is 0 Å². The van der Waals surface area contributed by atoms with Gasteiger partial charge in [0, 0.05) is 5.02 Å². The standard InChI is InChI=1S/C20H18ClN3O4S2/c21-16-8-6-15(7-9-16)20(14-29(25,26)18-4-2-1-3-5-18)24-23-17-10-12-19(13-11-17)30(22,27)28/h1-13,23H,14H2,(H2,22,27,28)/b24-20-. The number of rotatable bonds is 7. The van der Waals surface area contributed by atoms with E-state index in [1.165, 1.54) is 36.4 Å². The highest BCUT2D eigenvalue weighted by atomic mass is 35.5. The van der Waals surface area contributed by atoms with Crippen LogP contribution in [0.25, 0.3) is 0 Å². The highest BCUT2D eigenvalue weighted by molar-refractivity contribution is 7.92. The maximum Gasteiger partial charge on any atom is 0.238 e. The van der Waals surface area contributed by atoms with E-state index in [-0.39, 0.29) is 21.3 Å². The van der Waals surface area contributed by atoms with Crippen LogP contribution in [0.1, 0.15) is 5.56 Å². The van der Waals surface area contributed by atoms with Crippen LogP contribution in [-0.4, -0.2) is 28.3 Å². The number of benzene rings is 3. The third-order valence-corrected chi connectivity index (χ3v) is 6.93. The number of hydrogen-bond acceptors (Lipinski definition) is 6. The summed E-state index contributed by atoms with van der Waals surface area (Å²) in [6, 6.07) is 20.3. The Kier molecular flexibility index (Phi) is 6.57. The number of sulfone groups is 1. The van der Waals surface area contributed by atoms with Crippen LogP contribution < -0.4 is 10.6 Å². The molecule has 0 radical (unpaired) electrons. The molecule has 0 heterocycles. The van der Waals surface area contributed by atoms with Gasteiger partial charge in [-0.1, -0.05) is 41.9 Å². The number of sulfonamides is 1. The number of nitrogens with one attached hydrogen (secondary N) is 1. The molecule has 7 nitrogen and oxygen atoms in total. The zero-order valence-corrected chi connectivity index (χ0v) is 18.0. The predicted octanol–water partition coefficient (Wildman–Crippen LogP) is 3.28. The van der Waals surface area contributed by atoms with Crippen LogP contribution >= 0.6 is 11.6 Å². The van der Waals surface area contributed by atoms with Gasteiger partial charge in [0.05, 0.1) is 26.9 Å². The molecule has 0 aliphatic rings. The van der Waals surface area contributed by atoms with E-state index in [1.54, 1.807) is 42.5 Å². The Bertz CT molecular complexity index is 1260. The molecule has 0 saturated heterocycles. The summed E-state index contributed by atoms with van der Waals surface area (Å²) in [5.41, 5.74) is 4.08. The summed E-state index contributed by atoms with van der Waals surface area (Å²) in [7, 11) is -7.46. The van der Waals surface area contributed by atoms with Gasteiger partial charge in [0.1, 0.15) is 0 Å². The maximum atomic E-state index is 12.8. The molecule has 0 atom stereocenters. The number of anilines is 1. The van der Waals surface area contributed by atoms with Crippen molar-refractivity contribution < 1.29 is 16.8 Å². The highest BCUT2D eigenvalue weighted by Gasteiger charge is 2.19. The lowest BCUT2D eigenvalue weighted by Crippen LogP contribution is -2.19.